The lowest BCUT2D eigenvalue weighted by atomic mass is 9.71. The number of carbonyl (C=O) groups excluding carboxylic acids is 1. The lowest BCUT2D eigenvalue weighted by Crippen LogP contribution is -2.42. The molecule has 0 radical (unpaired) electrons. The highest BCUT2D eigenvalue weighted by Gasteiger charge is 2.31. The summed E-state index contributed by atoms with van der Waals surface area (Å²) in [6, 6.07) is 9.21. The fourth-order valence-electron chi connectivity index (χ4n) is 5.54. The Bertz CT molecular complexity index is 1180. The first-order valence-electron chi connectivity index (χ1n) is 13.3. The summed E-state index contributed by atoms with van der Waals surface area (Å²) in [6.45, 7) is 8.92. The molecule has 2 heterocycles. The standard InChI is InChI=1S/C29H39N3O3S/c1-5-21(6-2)32-25-10-9-20(17-23(25)30-26(32)18-22-8-7-15-36-22)27(33)31-24(28(34)35)16-19-11-13-29(3,4)14-12-19/h7-10,15,17,19,21,24H,5-6,11-14,16,18H2,1-4H3,(H,31,33)(H,34,35)/t24-/m1/s1. The van der Waals surface area contributed by atoms with Crippen LogP contribution in [0.25, 0.3) is 11.0 Å². The van der Waals surface area contributed by atoms with Crippen LogP contribution < -0.4 is 5.32 Å². The number of nitrogens with zero attached hydrogens (tertiary/aromatic N) is 2. The number of thiophene rings is 1. The van der Waals surface area contributed by atoms with Crippen molar-refractivity contribution in [2.24, 2.45) is 11.3 Å². The number of nitrogens with one attached hydrogen (secondary N) is 1. The zero-order valence-corrected chi connectivity index (χ0v) is 22.7. The minimum Gasteiger partial charge on any atom is -0.480 e. The third kappa shape index (κ3) is 6.00. The first-order chi connectivity index (χ1) is 17.2. The number of hydrogen-bond donors (Lipinski definition) is 2. The SMILES string of the molecule is CCC(CC)n1c(Cc2cccs2)nc2cc(C(=O)N[C@H](CC3CCC(C)(C)CC3)C(=O)O)ccc21. The van der Waals surface area contributed by atoms with E-state index in [4.69, 9.17) is 4.98 Å². The van der Waals surface area contributed by atoms with E-state index in [2.05, 4.69) is 55.1 Å². The van der Waals surface area contributed by atoms with Gasteiger partial charge in [0.2, 0.25) is 0 Å². The summed E-state index contributed by atoms with van der Waals surface area (Å²) in [5.74, 6) is 0.0163. The summed E-state index contributed by atoms with van der Waals surface area (Å²) < 4.78 is 2.32. The first-order valence-corrected chi connectivity index (χ1v) is 14.2. The van der Waals surface area contributed by atoms with Gasteiger partial charge < -0.3 is 15.0 Å². The van der Waals surface area contributed by atoms with Gasteiger partial charge in [0.05, 0.1) is 11.0 Å². The Hall–Kier alpha value is -2.67. The number of carboxylic acids is 1. The molecule has 1 atom stereocenters. The molecule has 1 saturated carbocycles. The number of amides is 1. The number of benzene rings is 1. The van der Waals surface area contributed by atoms with Gasteiger partial charge in [-0.2, -0.15) is 0 Å². The number of hydrogen-bond acceptors (Lipinski definition) is 4. The average Bonchev–Trinajstić information content (AvgIpc) is 3.48. The first kappa shape index (κ1) is 26.4. The number of imidazole rings is 1. The molecular weight excluding hydrogens is 470 g/mol. The van der Waals surface area contributed by atoms with Crippen molar-refractivity contribution in [1.29, 1.82) is 0 Å². The Morgan fingerprint density at radius 1 is 1.19 bits per heavy atom. The van der Waals surface area contributed by atoms with Gasteiger partial charge in [0.25, 0.3) is 5.91 Å². The molecule has 0 saturated heterocycles. The van der Waals surface area contributed by atoms with E-state index in [1.54, 1.807) is 17.4 Å². The Labute approximate surface area is 218 Å². The van der Waals surface area contributed by atoms with Crippen molar-refractivity contribution in [3.05, 3.63) is 52.0 Å². The molecule has 3 aromatic rings. The van der Waals surface area contributed by atoms with Gasteiger partial charge >= 0.3 is 5.97 Å². The van der Waals surface area contributed by atoms with E-state index in [0.717, 1.165) is 61.8 Å². The molecule has 0 unspecified atom stereocenters. The lowest BCUT2D eigenvalue weighted by molar-refractivity contribution is -0.139. The van der Waals surface area contributed by atoms with Crippen LogP contribution in [0.4, 0.5) is 0 Å². The molecule has 4 rings (SSSR count). The summed E-state index contributed by atoms with van der Waals surface area (Å²) in [7, 11) is 0. The van der Waals surface area contributed by atoms with Gasteiger partial charge in [0, 0.05) is 22.9 Å². The highest BCUT2D eigenvalue weighted by molar-refractivity contribution is 7.09. The predicted octanol–water partition coefficient (Wildman–Crippen LogP) is 6.84. The molecule has 36 heavy (non-hydrogen) atoms. The molecule has 2 aromatic heterocycles. The van der Waals surface area contributed by atoms with Crippen LogP contribution in [0.3, 0.4) is 0 Å². The molecule has 1 amide bonds. The Morgan fingerprint density at radius 3 is 2.53 bits per heavy atom. The second-order valence-electron chi connectivity index (χ2n) is 11.0. The van der Waals surface area contributed by atoms with E-state index >= 15 is 0 Å². The number of carboxylic acid groups (broad SMARTS) is 1. The summed E-state index contributed by atoms with van der Waals surface area (Å²) in [5, 5.41) is 14.7. The molecular formula is C29H39N3O3S. The maximum Gasteiger partial charge on any atom is 0.326 e. The van der Waals surface area contributed by atoms with Gasteiger partial charge in [-0.3, -0.25) is 4.79 Å². The van der Waals surface area contributed by atoms with E-state index in [9.17, 15) is 14.7 Å². The molecule has 2 N–H and O–H groups in total. The third-order valence-electron chi connectivity index (χ3n) is 7.88. The monoisotopic (exact) mass is 509 g/mol. The van der Waals surface area contributed by atoms with E-state index in [1.807, 2.05) is 12.1 Å². The van der Waals surface area contributed by atoms with E-state index in [1.165, 1.54) is 4.88 Å². The van der Waals surface area contributed by atoms with Crippen molar-refractivity contribution in [3.8, 4) is 0 Å². The molecule has 6 nitrogen and oxygen atoms in total. The van der Waals surface area contributed by atoms with Gasteiger partial charge in [-0.15, -0.1) is 11.3 Å². The molecule has 0 spiro atoms. The van der Waals surface area contributed by atoms with Gasteiger partial charge in [0.1, 0.15) is 11.9 Å². The van der Waals surface area contributed by atoms with Crippen molar-refractivity contribution in [3.63, 3.8) is 0 Å². The van der Waals surface area contributed by atoms with Crippen LogP contribution in [-0.2, 0) is 11.2 Å². The molecule has 194 valence electrons. The Kier molecular flexibility index (Phi) is 8.18. The number of fused-ring (bicyclic) bond motifs is 1. The van der Waals surface area contributed by atoms with E-state index < -0.39 is 12.0 Å². The predicted molar refractivity (Wildman–Crippen MR) is 146 cm³/mol. The number of carbonyl (C=O) groups is 2. The lowest BCUT2D eigenvalue weighted by Gasteiger charge is -2.35. The topological polar surface area (TPSA) is 84.2 Å². The molecule has 1 aliphatic carbocycles. The van der Waals surface area contributed by atoms with E-state index in [0.29, 0.717) is 29.4 Å². The molecule has 0 aliphatic heterocycles. The third-order valence-corrected chi connectivity index (χ3v) is 8.75. The van der Waals surface area contributed by atoms with Crippen LogP contribution in [0, 0.1) is 11.3 Å². The van der Waals surface area contributed by atoms with Crippen molar-refractivity contribution in [1.82, 2.24) is 14.9 Å². The van der Waals surface area contributed by atoms with Crippen LogP contribution in [0.2, 0.25) is 0 Å². The quantitative estimate of drug-likeness (QED) is 0.313. The van der Waals surface area contributed by atoms with Gasteiger partial charge in [0.15, 0.2) is 0 Å². The van der Waals surface area contributed by atoms with Gasteiger partial charge in [-0.1, -0.05) is 33.8 Å². The zero-order valence-electron chi connectivity index (χ0n) is 21.9. The molecule has 7 heteroatoms. The van der Waals surface area contributed by atoms with Gasteiger partial charge in [-0.25, -0.2) is 9.78 Å². The second-order valence-corrected chi connectivity index (χ2v) is 12.1. The highest BCUT2D eigenvalue weighted by atomic mass is 32.1. The van der Waals surface area contributed by atoms with Crippen molar-refractivity contribution in [2.45, 2.75) is 91.1 Å². The van der Waals surface area contributed by atoms with Crippen molar-refractivity contribution in [2.75, 3.05) is 0 Å². The maximum atomic E-state index is 13.1. The van der Waals surface area contributed by atoms with Crippen molar-refractivity contribution >= 4 is 34.2 Å². The minimum atomic E-state index is -0.967. The molecule has 0 bridgehead atoms. The van der Waals surface area contributed by atoms with Crippen LogP contribution in [-0.4, -0.2) is 32.6 Å². The highest BCUT2D eigenvalue weighted by Crippen LogP contribution is 2.39. The smallest absolute Gasteiger partial charge is 0.326 e. The van der Waals surface area contributed by atoms with E-state index in [-0.39, 0.29) is 5.91 Å². The zero-order chi connectivity index (χ0) is 25.9. The average molecular weight is 510 g/mol. The number of aliphatic carboxylic acids is 1. The summed E-state index contributed by atoms with van der Waals surface area (Å²) in [6.07, 6.45) is 7.46. The summed E-state index contributed by atoms with van der Waals surface area (Å²) >= 11 is 1.72. The van der Waals surface area contributed by atoms with Gasteiger partial charge in [-0.05, 0) is 85.9 Å². The van der Waals surface area contributed by atoms with Crippen LogP contribution in [0.5, 0.6) is 0 Å². The normalized spacial score (nSPS) is 16.9. The van der Waals surface area contributed by atoms with Crippen LogP contribution >= 0.6 is 11.3 Å². The minimum absolute atomic E-state index is 0.328. The summed E-state index contributed by atoms with van der Waals surface area (Å²) in [4.78, 5) is 31.3. The Morgan fingerprint density at radius 2 is 1.92 bits per heavy atom. The Balaban J connectivity index is 1.55. The largest absolute Gasteiger partial charge is 0.480 e. The molecule has 1 aromatic carbocycles. The van der Waals surface area contributed by atoms with Crippen LogP contribution in [0.1, 0.15) is 99.7 Å². The van der Waals surface area contributed by atoms with Crippen molar-refractivity contribution < 1.29 is 14.7 Å². The fourth-order valence-corrected chi connectivity index (χ4v) is 6.24. The molecule has 1 aliphatic rings. The summed E-state index contributed by atoms with van der Waals surface area (Å²) in [5.41, 5.74) is 2.58. The fraction of sp³-hybridized carbons (Fsp3) is 0.552. The van der Waals surface area contributed by atoms with Crippen LogP contribution in [0.15, 0.2) is 35.7 Å². The number of rotatable bonds is 10. The maximum absolute atomic E-state index is 13.1. The second kappa shape index (κ2) is 11.2. The molecule has 1 fully saturated rings. The number of aromatic nitrogens is 2.